The van der Waals surface area contributed by atoms with Crippen molar-refractivity contribution in [1.82, 2.24) is 4.90 Å². The summed E-state index contributed by atoms with van der Waals surface area (Å²) in [5.41, 5.74) is 10.1. The number of hydrogen-bond acceptors (Lipinski definition) is 4. The van der Waals surface area contributed by atoms with E-state index in [0.29, 0.717) is 13.0 Å². The van der Waals surface area contributed by atoms with E-state index < -0.39 is 0 Å². The van der Waals surface area contributed by atoms with Crippen LogP contribution in [0, 0.1) is 0 Å². The molecule has 0 bridgehead atoms. The molecule has 0 aromatic heterocycles. The summed E-state index contributed by atoms with van der Waals surface area (Å²) in [6.07, 6.45) is 3.99. The second-order valence-corrected chi connectivity index (χ2v) is 6.13. The van der Waals surface area contributed by atoms with Gasteiger partial charge in [0.05, 0.1) is 13.2 Å². The number of rotatable bonds is 3. The summed E-state index contributed by atoms with van der Waals surface area (Å²) >= 11 is 0. The van der Waals surface area contributed by atoms with Crippen LogP contribution in [0.5, 0.6) is 5.75 Å². The molecule has 1 aromatic rings. The number of likely N-dealkylation sites (tertiary alicyclic amines) is 1. The third-order valence-corrected chi connectivity index (χ3v) is 4.43. The molecule has 1 saturated heterocycles. The average molecular weight is 349 g/mol. The number of β-amino-alcohol motifs (C(OH)–C–C–N with tert-alkyl or cyclic N) is 1. The molecule has 1 fully saturated rings. The Morgan fingerprint density at radius 2 is 1.91 bits per heavy atom. The molecular weight excluding hydrogens is 323 g/mol. The molecule has 2 atom stereocenters. The van der Waals surface area contributed by atoms with E-state index in [2.05, 4.69) is 17.0 Å². The van der Waals surface area contributed by atoms with Crippen molar-refractivity contribution >= 4 is 24.8 Å². The second kappa shape index (κ2) is 8.37. The van der Waals surface area contributed by atoms with Gasteiger partial charge in [0, 0.05) is 31.2 Å². The summed E-state index contributed by atoms with van der Waals surface area (Å²) in [7, 11) is 1.73. The van der Waals surface area contributed by atoms with Crippen LogP contribution in [-0.2, 0) is 19.4 Å². The first-order chi connectivity index (χ1) is 9.65. The Kier molecular flexibility index (Phi) is 7.42. The highest BCUT2D eigenvalue weighted by atomic mass is 35.5. The molecule has 3 rings (SSSR count). The molecule has 1 aromatic carbocycles. The minimum Gasteiger partial charge on any atom is -0.496 e. The Bertz CT molecular complexity index is 489. The highest BCUT2D eigenvalue weighted by molar-refractivity contribution is 5.85. The highest BCUT2D eigenvalue weighted by Gasteiger charge is 2.25. The van der Waals surface area contributed by atoms with Crippen LogP contribution in [-0.4, -0.2) is 42.4 Å². The van der Waals surface area contributed by atoms with Crippen molar-refractivity contribution in [3.05, 3.63) is 28.8 Å². The second-order valence-electron chi connectivity index (χ2n) is 6.13. The van der Waals surface area contributed by atoms with Crippen LogP contribution in [0.4, 0.5) is 0 Å². The molecule has 1 aliphatic carbocycles. The van der Waals surface area contributed by atoms with E-state index in [1.165, 1.54) is 36.0 Å². The van der Waals surface area contributed by atoms with Gasteiger partial charge in [-0.15, -0.1) is 24.8 Å². The molecule has 0 saturated carbocycles. The number of methoxy groups -OCH3 is 1. The summed E-state index contributed by atoms with van der Waals surface area (Å²) in [5.74, 6) is 0.972. The monoisotopic (exact) mass is 348 g/mol. The van der Waals surface area contributed by atoms with Crippen LogP contribution in [0.1, 0.15) is 29.5 Å². The summed E-state index contributed by atoms with van der Waals surface area (Å²) in [6, 6.07) is 4.55. The van der Waals surface area contributed by atoms with E-state index in [9.17, 15) is 5.11 Å². The Hall–Kier alpha value is -0.520. The predicted molar refractivity (Wildman–Crippen MR) is 93.4 cm³/mol. The molecule has 126 valence electrons. The van der Waals surface area contributed by atoms with E-state index in [-0.39, 0.29) is 37.0 Å². The van der Waals surface area contributed by atoms with Crippen molar-refractivity contribution in [2.24, 2.45) is 5.73 Å². The fourth-order valence-corrected chi connectivity index (χ4v) is 3.54. The van der Waals surface area contributed by atoms with Gasteiger partial charge in [0.1, 0.15) is 5.75 Å². The number of nitrogens with zero attached hydrogens (tertiary/aromatic N) is 1. The minimum absolute atomic E-state index is 0. The lowest BCUT2D eigenvalue weighted by Crippen LogP contribution is -2.48. The first-order valence-electron chi connectivity index (χ1n) is 7.50. The van der Waals surface area contributed by atoms with Gasteiger partial charge in [-0.05, 0) is 42.9 Å². The summed E-state index contributed by atoms with van der Waals surface area (Å²) in [6.45, 7) is 2.35. The molecule has 1 aliphatic heterocycles. The Morgan fingerprint density at radius 3 is 2.55 bits per heavy atom. The lowest BCUT2D eigenvalue weighted by Gasteiger charge is -2.34. The molecule has 0 amide bonds. The van der Waals surface area contributed by atoms with Gasteiger partial charge in [-0.1, -0.05) is 6.07 Å². The maximum Gasteiger partial charge on any atom is 0.123 e. The van der Waals surface area contributed by atoms with E-state index in [1.807, 2.05) is 0 Å². The molecular formula is C16H26Cl2N2O2. The predicted octanol–water partition coefficient (Wildman–Crippen LogP) is 1.92. The topological polar surface area (TPSA) is 58.7 Å². The van der Waals surface area contributed by atoms with Crippen molar-refractivity contribution in [2.45, 2.75) is 44.4 Å². The Morgan fingerprint density at radius 1 is 1.23 bits per heavy atom. The number of halogens is 2. The van der Waals surface area contributed by atoms with Gasteiger partial charge in [0.15, 0.2) is 0 Å². The normalized spacial score (nSPS) is 24.1. The van der Waals surface area contributed by atoms with Gasteiger partial charge in [-0.2, -0.15) is 0 Å². The van der Waals surface area contributed by atoms with Gasteiger partial charge in [0.2, 0.25) is 0 Å². The highest BCUT2D eigenvalue weighted by Crippen LogP contribution is 2.31. The first-order valence-corrected chi connectivity index (χ1v) is 7.50. The molecule has 6 heteroatoms. The number of aliphatic hydroxyl groups excluding tert-OH is 1. The molecule has 1 heterocycles. The van der Waals surface area contributed by atoms with Gasteiger partial charge < -0.3 is 15.6 Å². The van der Waals surface area contributed by atoms with Crippen LogP contribution in [0.3, 0.4) is 0 Å². The van der Waals surface area contributed by atoms with Gasteiger partial charge >= 0.3 is 0 Å². The maximum atomic E-state index is 9.86. The van der Waals surface area contributed by atoms with Gasteiger partial charge in [-0.3, -0.25) is 4.90 Å². The van der Waals surface area contributed by atoms with Crippen LogP contribution >= 0.6 is 24.8 Å². The van der Waals surface area contributed by atoms with Crippen LogP contribution in [0.2, 0.25) is 0 Å². The van der Waals surface area contributed by atoms with E-state index >= 15 is 0 Å². The maximum absolute atomic E-state index is 9.86. The van der Waals surface area contributed by atoms with E-state index in [4.69, 9.17) is 10.5 Å². The van der Waals surface area contributed by atoms with Crippen molar-refractivity contribution < 1.29 is 9.84 Å². The number of hydrogen-bond donors (Lipinski definition) is 2. The molecule has 4 nitrogen and oxygen atoms in total. The van der Waals surface area contributed by atoms with E-state index in [0.717, 1.165) is 18.8 Å². The standard InChI is InChI=1S/C16H24N2O2.2ClH/c1-20-16-6-12-4-2-3-11(12)5-13(16)8-18-9-14(17)7-15(19)10-18;;/h5-6,14-15,19H,2-4,7-10,17H2,1H3;2*1H/t14-,15+;;/m0../s1. The average Bonchev–Trinajstić information content (AvgIpc) is 2.83. The van der Waals surface area contributed by atoms with Crippen LogP contribution in [0.15, 0.2) is 12.1 Å². The number of ether oxygens (including phenoxy) is 1. The molecule has 3 N–H and O–H groups in total. The molecule has 22 heavy (non-hydrogen) atoms. The van der Waals surface area contributed by atoms with Crippen molar-refractivity contribution in [3.63, 3.8) is 0 Å². The van der Waals surface area contributed by atoms with Gasteiger partial charge in [0.25, 0.3) is 0 Å². The number of piperidine rings is 1. The largest absolute Gasteiger partial charge is 0.496 e. The fourth-order valence-electron chi connectivity index (χ4n) is 3.54. The molecule has 0 radical (unpaired) electrons. The van der Waals surface area contributed by atoms with Crippen molar-refractivity contribution in [1.29, 1.82) is 0 Å². The summed E-state index contributed by atoms with van der Waals surface area (Å²) < 4.78 is 5.55. The lowest BCUT2D eigenvalue weighted by molar-refractivity contribution is 0.0561. The summed E-state index contributed by atoms with van der Waals surface area (Å²) in [4.78, 5) is 2.23. The third kappa shape index (κ3) is 4.27. The zero-order chi connectivity index (χ0) is 14.1. The van der Waals surface area contributed by atoms with Crippen LogP contribution in [0.25, 0.3) is 0 Å². The minimum atomic E-state index is -0.306. The summed E-state index contributed by atoms with van der Waals surface area (Å²) in [5, 5.41) is 9.86. The number of aliphatic hydroxyl groups is 1. The van der Waals surface area contributed by atoms with Crippen LogP contribution < -0.4 is 10.5 Å². The number of fused-ring (bicyclic) bond motifs is 1. The molecule has 0 unspecified atom stereocenters. The quantitative estimate of drug-likeness (QED) is 0.876. The number of benzene rings is 1. The lowest BCUT2D eigenvalue weighted by atomic mass is 10.0. The Labute approximate surface area is 144 Å². The number of nitrogens with two attached hydrogens (primary N) is 1. The SMILES string of the molecule is COc1cc2c(cc1CN1C[C@@H](N)C[C@@H](O)C1)CCC2.Cl.Cl. The zero-order valence-electron chi connectivity index (χ0n) is 13.0. The Balaban J connectivity index is 0.00000121. The van der Waals surface area contributed by atoms with Crippen molar-refractivity contribution in [3.8, 4) is 5.75 Å². The van der Waals surface area contributed by atoms with Gasteiger partial charge in [-0.25, -0.2) is 0 Å². The third-order valence-electron chi connectivity index (χ3n) is 4.43. The zero-order valence-corrected chi connectivity index (χ0v) is 14.6. The number of aryl methyl sites for hydroxylation is 2. The fraction of sp³-hybridized carbons (Fsp3) is 0.625. The van der Waals surface area contributed by atoms with Crippen molar-refractivity contribution in [2.75, 3.05) is 20.2 Å². The molecule has 2 aliphatic rings. The molecule has 0 spiro atoms. The first kappa shape index (κ1) is 19.5. The van der Waals surface area contributed by atoms with E-state index in [1.54, 1.807) is 7.11 Å². The smallest absolute Gasteiger partial charge is 0.123 e.